The van der Waals surface area contributed by atoms with Crippen LogP contribution in [0.1, 0.15) is 63.5 Å². The van der Waals surface area contributed by atoms with Crippen LogP contribution in [-0.2, 0) is 0 Å². The Morgan fingerprint density at radius 2 is 1.71 bits per heavy atom. The van der Waals surface area contributed by atoms with Crippen LogP contribution in [0, 0.1) is 0 Å². The molecule has 31 heavy (non-hydrogen) atoms. The minimum Gasteiger partial charge on any atom is -0.490 e. The largest absolute Gasteiger partial charge is 0.490 e. The summed E-state index contributed by atoms with van der Waals surface area (Å²) in [5.41, 5.74) is 1.68. The third-order valence-electron chi connectivity index (χ3n) is 4.96. The van der Waals surface area contributed by atoms with E-state index < -0.39 is 5.91 Å². The van der Waals surface area contributed by atoms with Gasteiger partial charge in [0.25, 0.3) is 17.7 Å². The number of carbonyl (C=O) groups is 3. The van der Waals surface area contributed by atoms with Crippen molar-refractivity contribution < 1.29 is 23.9 Å². The highest BCUT2D eigenvalue weighted by atomic mass is 16.5. The molecule has 0 fully saturated rings. The van der Waals surface area contributed by atoms with Gasteiger partial charge >= 0.3 is 0 Å². The number of fused-ring (bicyclic) bond motifs is 1. The molecule has 1 N–H and O–H groups in total. The minimum absolute atomic E-state index is 0.130. The van der Waals surface area contributed by atoms with Gasteiger partial charge in [0.15, 0.2) is 11.5 Å². The van der Waals surface area contributed by atoms with Gasteiger partial charge in [0.05, 0.1) is 30.4 Å². The minimum atomic E-state index is -0.421. The molecule has 2 aromatic carbocycles. The average Bonchev–Trinajstić information content (AvgIpc) is 3.00. The molecule has 0 unspecified atom stereocenters. The van der Waals surface area contributed by atoms with Crippen molar-refractivity contribution >= 4 is 17.7 Å². The number of imide groups is 1. The molecule has 0 aromatic heterocycles. The lowest BCUT2D eigenvalue weighted by atomic mass is 10.0. The van der Waals surface area contributed by atoms with Gasteiger partial charge in [-0.2, -0.15) is 0 Å². The Bertz CT molecular complexity index is 1030. The lowest BCUT2D eigenvalue weighted by Gasteiger charge is -2.17. The number of amides is 3. The molecule has 0 bridgehead atoms. The van der Waals surface area contributed by atoms with E-state index in [0.717, 1.165) is 10.5 Å². The third-order valence-corrected chi connectivity index (χ3v) is 4.96. The number of hydrogen-bond donors (Lipinski definition) is 1. The van der Waals surface area contributed by atoms with Crippen LogP contribution in [0.25, 0.3) is 0 Å². The summed E-state index contributed by atoms with van der Waals surface area (Å²) in [4.78, 5) is 38.8. The van der Waals surface area contributed by atoms with Crippen LogP contribution in [-0.4, -0.2) is 42.4 Å². The van der Waals surface area contributed by atoms with Crippen LogP contribution in [0.3, 0.4) is 0 Å². The zero-order valence-electron chi connectivity index (χ0n) is 17.9. The van der Waals surface area contributed by atoms with Gasteiger partial charge in [-0.05, 0) is 56.7 Å². The van der Waals surface area contributed by atoms with Gasteiger partial charge in [-0.15, -0.1) is 6.58 Å². The lowest BCUT2D eigenvalue weighted by Crippen LogP contribution is -2.29. The molecule has 7 nitrogen and oxygen atoms in total. The summed E-state index contributed by atoms with van der Waals surface area (Å²) in [5, 5.41) is 2.93. The number of nitrogens with zero attached hydrogens (tertiary/aromatic N) is 1. The third kappa shape index (κ3) is 4.45. The Labute approximate surface area is 181 Å². The first-order valence-corrected chi connectivity index (χ1v) is 10.2. The van der Waals surface area contributed by atoms with Gasteiger partial charge < -0.3 is 14.8 Å². The summed E-state index contributed by atoms with van der Waals surface area (Å²) >= 11 is 0. The number of benzene rings is 2. The smallest absolute Gasteiger partial charge is 0.261 e. The molecule has 0 spiro atoms. The second-order valence-electron chi connectivity index (χ2n) is 7.04. The van der Waals surface area contributed by atoms with Crippen molar-refractivity contribution in [1.29, 1.82) is 0 Å². The first kappa shape index (κ1) is 22.1. The highest BCUT2D eigenvalue weighted by Crippen LogP contribution is 2.31. The SMILES string of the molecule is C=CCN1C(=O)c2ccc(C(=O)N[C@H](C)c3ccc(OCC)c(OCC)c3)cc2C1=O. The van der Waals surface area contributed by atoms with Gasteiger partial charge in [0.2, 0.25) is 0 Å². The summed E-state index contributed by atoms with van der Waals surface area (Å²) in [7, 11) is 0. The van der Waals surface area contributed by atoms with E-state index in [9.17, 15) is 14.4 Å². The van der Waals surface area contributed by atoms with Gasteiger partial charge in [-0.1, -0.05) is 12.1 Å². The highest BCUT2D eigenvalue weighted by molar-refractivity contribution is 6.22. The quantitative estimate of drug-likeness (QED) is 0.491. The maximum Gasteiger partial charge on any atom is 0.261 e. The fourth-order valence-electron chi connectivity index (χ4n) is 3.43. The Morgan fingerprint density at radius 1 is 1.03 bits per heavy atom. The van der Waals surface area contributed by atoms with Crippen molar-refractivity contribution in [3.8, 4) is 11.5 Å². The van der Waals surface area contributed by atoms with Gasteiger partial charge in [-0.3, -0.25) is 19.3 Å². The second kappa shape index (κ2) is 9.47. The van der Waals surface area contributed by atoms with E-state index in [4.69, 9.17) is 9.47 Å². The normalized spacial score (nSPS) is 13.6. The fraction of sp³-hybridized carbons (Fsp3) is 0.292. The number of ether oxygens (including phenoxy) is 2. The molecular weight excluding hydrogens is 396 g/mol. The maximum atomic E-state index is 12.8. The zero-order valence-corrected chi connectivity index (χ0v) is 17.9. The van der Waals surface area contributed by atoms with Crippen molar-refractivity contribution in [3.05, 3.63) is 71.3 Å². The van der Waals surface area contributed by atoms with Crippen LogP contribution in [0.4, 0.5) is 0 Å². The first-order valence-electron chi connectivity index (χ1n) is 10.2. The van der Waals surface area contributed by atoms with E-state index >= 15 is 0 Å². The van der Waals surface area contributed by atoms with Crippen LogP contribution in [0.2, 0.25) is 0 Å². The zero-order chi connectivity index (χ0) is 22.5. The fourth-order valence-corrected chi connectivity index (χ4v) is 3.43. The number of carbonyl (C=O) groups excluding carboxylic acids is 3. The summed E-state index contributed by atoms with van der Waals surface area (Å²) in [5.74, 6) is 0.127. The number of rotatable bonds is 9. The van der Waals surface area contributed by atoms with E-state index in [2.05, 4.69) is 11.9 Å². The Balaban J connectivity index is 1.78. The summed E-state index contributed by atoms with van der Waals surface area (Å²) in [6.45, 7) is 10.4. The predicted octanol–water partition coefficient (Wildman–Crippen LogP) is 3.76. The van der Waals surface area contributed by atoms with Crippen molar-refractivity contribution in [2.45, 2.75) is 26.8 Å². The van der Waals surface area contributed by atoms with Gasteiger partial charge in [0.1, 0.15) is 0 Å². The Hall–Kier alpha value is -3.61. The van der Waals surface area contributed by atoms with Crippen molar-refractivity contribution in [2.75, 3.05) is 19.8 Å². The number of nitrogens with one attached hydrogen (secondary N) is 1. The molecule has 7 heteroatoms. The molecule has 3 amide bonds. The molecule has 0 saturated heterocycles. The maximum absolute atomic E-state index is 12.8. The predicted molar refractivity (Wildman–Crippen MR) is 117 cm³/mol. The van der Waals surface area contributed by atoms with E-state index in [-0.39, 0.29) is 30.0 Å². The molecule has 1 atom stereocenters. The molecule has 1 aliphatic rings. The van der Waals surface area contributed by atoms with Crippen LogP contribution >= 0.6 is 0 Å². The summed E-state index contributed by atoms with van der Waals surface area (Å²) in [6.07, 6.45) is 1.49. The lowest BCUT2D eigenvalue weighted by molar-refractivity contribution is 0.0672. The molecule has 162 valence electrons. The van der Waals surface area contributed by atoms with E-state index in [1.165, 1.54) is 18.2 Å². The summed E-state index contributed by atoms with van der Waals surface area (Å²) < 4.78 is 11.2. The summed E-state index contributed by atoms with van der Waals surface area (Å²) in [6, 6.07) is 9.75. The molecule has 1 aliphatic heterocycles. The molecule has 2 aromatic rings. The topological polar surface area (TPSA) is 84.9 Å². The standard InChI is InChI=1S/C24H26N2O5/c1-5-12-26-23(28)18-10-8-17(13-19(18)24(26)29)22(27)25-15(4)16-9-11-20(30-6-2)21(14-16)31-7-3/h5,8-11,13-15H,1,6-7,12H2,2-4H3,(H,25,27)/t15-/m1/s1. The number of hydrogen-bond acceptors (Lipinski definition) is 5. The molecule has 3 rings (SSSR count). The Morgan fingerprint density at radius 3 is 2.39 bits per heavy atom. The molecular formula is C24H26N2O5. The van der Waals surface area contributed by atoms with Crippen LogP contribution < -0.4 is 14.8 Å². The Kier molecular flexibility index (Phi) is 6.74. The highest BCUT2D eigenvalue weighted by Gasteiger charge is 2.35. The van der Waals surface area contributed by atoms with Gasteiger partial charge in [0, 0.05) is 12.1 Å². The molecule has 0 saturated carbocycles. The second-order valence-corrected chi connectivity index (χ2v) is 7.04. The monoisotopic (exact) mass is 422 g/mol. The van der Waals surface area contributed by atoms with Gasteiger partial charge in [-0.25, -0.2) is 0 Å². The van der Waals surface area contributed by atoms with Crippen molar-refractivity contribution in [1.82, 2.24) is 10.2 Å². The molecule has 0 aliphatic carbocycles. The van der Waals surface area contributed by atoms with E-state index in [0.29, 0.717) is 35.8 Å². The first-order chi connectivity index (χ1) is 14.9. The van der Waals surface area contributed by atoms with E-state index in [1.54, 1.807) is 6.07 Å². The molecule has 1 heterocycles. The van der Waals surface area contributed by atoms with Crippen LogP contribution in [0.15, 0.2) is 49.1 Å². The molecule has 0 radical (unpaired) electrons. The van der Waals surface area contributed by atoms with Crippen molar-refractivity contribution in [3.63, 3.8) is 0 Å². The average molecular weight is 422 g/mol. The van der Waals surface area contributed by atoms with Crippen molar-refractivity contribution in [2.24, 2.45) is 0 Å². The van der Waals surface area contributed by atoms with Crippen LogP contribution in [0.5, 0.6) is 11.5 Å². The van der Waals surface area contributed by atoms with E-state index in [1.807, 2.05) is 39.0 Å².